The number of amides is 4. The molecule has 0 spiro atoms. The lowest BCUT2D eigenvalue weighted by atomic mass is 10.0. The summed E-state index contributed by atoms with van der Waals surface area (Å²) in [6.45, 7) is -0.0750. The topological polar surface area (TPSA) is 105 Å². The number of benzene rings is 2. The van der Waals surface area contributed by atoms with Gasteiger partial charge in [-0.05, 0) is 36.9 Å². The fourth-order valence-electron chi connectivity index (χ4n) is 2.48. The number of hydrogen-bond acceptors (Lipinski definition) is 4. The number of urea groups is 1. The molecule has 2 aromatic rings. The van der Waals surface area contributed by atoms with E-state index in [0.29, 0.717) is 16.3 Å². The lowest BCUT2D eigenvalue weighted by Gasteiger charge is -2.26. The van der Waals surface area contributed by atoms with E-state index in [9.17, 15) is 14.4 Å². The van der Waals surface area contributed by atoms with Crippen LogP contribution in [-0.4, -0.2) is 36.3 Å². The highest BCUT2D eigenvalue weighted by Crippen LogP contribution is 2.20. The van der Waals surface area contributed by atoms with Crippen molar-refractivity contribution in [2.24, 2.45) is 5.73 Å². The molecule has 0 unspecified atom stereocenters. The van der Waals surface area contributed by atoms with E-state index in [2.05, 4.69) is 10.6 Å². The Morgan fingerprint density at radius 3 is 2.27 bits per heavy atom. The Labute approximate surface area is 156 Å². The molecule has 8 heteroatoms. The number of primary amides is 1. The van der Waals surface area contributed by atoms with Crippen molar-refractivity contribution >= 4 is 35.1 Å². The molecule has 0 bridgehead atoms. The summed E-state index contributed by atoms with van der Waals surface area (Å²) >= 11 is 5.82. The molecule has 0 aromatic heterocycles. The van der Waals surface area contributed by atoms with Crippen molar-refractivity contribution < 1.29 is 14.4 Å². The number of nitrogens with zero attached hydrogens (tertiary/aromatic N) is 1. The average Bonchev–Trinajstić information content (AvgIpc) is 2.57. The van der Waals surface area contributed by atoms with Gasteiger partial charge in [-0.1, -0.05) is 41.9 Å². The molecule has 0 aliphatic carbocycles. The number of halogens is 1. The quantitative estimate of drug-likeness (QED) is 0.720. The minimum absolute atomic E-state index is 0.0750. The van der Waals surface area contributed by atoms with Gasteiger partial charge in [0.1, 0.15) is 6.04 Å². The van der Waals surface area contributed by atoms with E-state index < -0.39 is 18.0 Å². The van der Waals surface area contributed by atoms with Gasteiger partial charge in [-0.3, -0.25) is 19.8 Å². The van der Waals surface area contributed by atoms with Crippen LogP contribution in [0.15, 0.2) is 54.6 Å². The third-order valence-electron chi connectivity index (χ3n) is 3.57. The molecule has 136 valence electrons. The molecule has 26 heavy (non-hydrogen) atoms. The van der Waals surface area contributed by atoms with Crippen LogP contribution >= 0.6 is 11.6 Å². The van der Waals surface area contributed by atoms with Crippen molar-refractivity contribution in [2.75, 3.05) is 18.9 Å². The van der Waals surface area contributed by atoms with Gasteiger partial charge in [-0.25, -0.2) is 4.79 Å². The predicted molar refractivity (Wildman–Crippen MR) is 99.6 cm³/mol. The lowest BCUT2D eigenvalue weighted by molar-refractivity contribution is -0.126. The first kappa shape index (κ1) is 19.4. The molecule has 2 rings (SSSR count). The van der Waals surface area contributed by atoms with Crippen LogP contribution < -0.4 is 16.4 Å². The molecule has 1 atom stereocenters. The van der Waals surface area contributed by atoms with E-state index in [-0.39, 0.29) is 12.5 Å². The number of nitrogens with two attached hydrogens (primary N) is 1. The third-order valence-corrected chi connectivity index (χ3v) is 3.82. The number of carbonyl (C=O) groups is 3. The first-order chi connectivity index (χ1) is 12.4. The Kier molecular flexibility index (Phi) is 6.71. The summed E-state index contributed by atoms with van der Waals surface area (Å²) in [4.78, 5) is 37.2. The molecule has 4 N–H and O–H groups in total. The second kappa shape index (κ2) is 8.98. The Hall–Kier alpha value is -2.90. The molecule has 0 heterocycles. The van der Waals surface area contributed by atoms with E-state index in [1.54, 1.807) is 61.6 Å². The standard InChI is InChI=1S/C18H19ClN4O3/c1-23(11-15(24)21-14-9-7-13(19)8-10-14)16(17(25)22-18(20)26)12-5-3-2-4-6-12/h2-10,16H,11H2,1H3,(H,21,24)(H3,20,22,25,26)/t16-/m0/s1. The molecular weight excluding hydrogens is 356 g/mol. The Morgan fingerprint density at radius 2 is 1.69 bits per heavy atom. The number of carbonyl (C=O) groups excluding carboxylic acids is 3. The number of imide groups is 1. The number of hydrogen-bond donors (Lipinski definition) is 3. The van der Waals surface area contributed by atoms with Crippen molar-refractivity contribution in [3.8, 4) is 0 Å². The molecule has 0 saturated carbocycles. The van der Waals surface area contributed by atoms with Gasteiger partial charge < -0.3 is 11.1 Å². The van der Waals surface area contributed by atoms with Gasteiger partial charge in [0.05, 0.1) is 6.54 Å². The number of anilines is 1. The second-order valence-electron chi connectivity index (χ2n) is 5.64. The largest absolute Gasteiger partial charge is 0.351 e. The second-order valence-corrected chi connectivity index (χ2v) is 6.07. The summed E-state index contributed by atoms with van der Waals surface area (Å²) in [5, 5.41) is 5.35. The fourth-order valence-corrected chi connectivity index (χ4v) is 2.61. The van der Waals surface area contributed by atoms with Crippen LogP contribution in [0.2, 0.25) is 5.02 Å². The monoisotopic (exact) mass is 374 g/mol. The zero-order valence-corrected chi connectivity index (χ0v) is 14.9. The van der Waals surface area contributed by atoms with Crippen LogP contribution in [0.3, 0.4) is 0 Å². The van der Waals surface area contributed by atoms with E-state index in [0.717, 1.165) is 0 Å². The van der Waals surface area contributed by atoms with Gasteiger partial charge >= 0.3 is 6.03 Å². The van der Waals surface area contributed by atoms with Gasteiger partial charge in [0.15, 0.2) is 0 Å². The summed E-state index contributed by atoms with van der Waals surface area (Å²) in [5.74, 6) is -0.923. The molecule has 0 fully saturated rings. The number of likely N-dealkylation sites (N-methyl/N-ethyl adjacent to an activating group) is 1. The van der Waals surface area contributed by atoms with Crippen molar-refractivity contribution in [3.63, 3.8) is 0 Å². The fraction of sp³-hybridized carbons (Fsp3) is 0.167. The molecule has 4 amide bonds. The van der Waals surface area contributed by atoms with Crippen LogP contribution in [0, 0.1) is 0 Å². The molecule has 7 nitrogen and oxygen atoms in total. The maximum Gasteiger partial charge on any atom is 0.318 e. The Balaban J connectivity index is 2.11. The summed E-state index contributed by atoms with van der Waals surface area (Å²) in [7, 11) is 1.61. The minimum Gasteiger partial charge on any atom is -0.351 e. The summed E-state index contributed by atoms with van der Waals surface area (Å²) in [6.07, 6.45) is 0. The first-order valence-electron chi connectivity index (χ1n) is 7.77. The highest BCUT2D eigenvalue weighted by atomic mass is 35.5. The van der Waals surface area contributed by atoms with Crippen molar-refractivity contribution in [3.05, 3.63) is 65.2 Å². The van der Waals surface area contributed by atoms with Gasteiger partial charge in [0.2, 0.25) is 11.8 Å². The van der Waals surface area contributed by atoms with Crippen molar-refractivity contribution in [1.29, 1.82) is 0 Å². The molecule has 0 radical (unpaired) electrons. The smallest absolute Gasteiger partial charge is 0.318 e. The van der Waals surface area contributed by atoms with Crippen LogP contribution in [0.1, 0.15) is 11.6 Å². The Bertz CT molecular complexity index is 781. The highest BCUT2D eigenvalue weighted by molar-refractivity contribution is 6.30. The molecular formula is C18H19ClN4O3. The van der Waals surface area contributed by atoms with Crippen LogP contribution in [0.5, 0.6) is 0 Å². The highest BCUT2D eigenvalue weighted by Gasteiger charge is 2.27. The number of rotatable bonds is 6. The van der Waals surface area contributed by atoms with Gasteiger partial charge in [0.25, 0.3) is 0 Å². The van der Waals surface area contributed by atoms with Crippen molar-refractivity contribution in [2.45, 2.75) is 6.04 Å². The zero-order chi connectivity index (χ0) is 19.1. The van der Waals surface area contributed by atoms with Gasteiger partial charge in [0, 0.05) is 10.7 Å². The minimum atomic E-state index is -0.949. The summed E-state index contributed by atoms with van der Waals surface area (Å²) in [6, 6.07) is 13.7. The van der Waals surface area contributed by atoms with Crippen LogP contribution in [0.4, 0.5) is 10.5 Å². The summed E-state index contributed by atoms with van der Waals surface area (Å²) in [5.41, 5.74) is 6.27. The number of nitrogens with one attached hydrogen (secondary N) is 2. The lowest BCUT2D eigenvalue weighted by Crippen LogP contribution is -2.45. The average molecular weight is 375 g/mol. The van der Waals surface area contributed by atoms with Gasteiger partial charge in [-0.15, -0.1) is 0 Å². The molecule has 0 saturated heterocycles. The van der Waals surface area contributed by atoms with Crippen LogP contribution in [0.25, 0.3) is 0 Å². The SMILES string of the molecule is CN(CC(=O)Nc1ccc(Cl)cc1)[C@H](C(=O)NC(N)=O)c1ccccc1. The molecule has 2 aromatic carbocycles. The van der Waals surface area contributed by atoms with Crippen LogP contribution in [-0.2, 0) is 9.59 Å². The van der Waals surface area contributed by atoms with Gasteiger partial charge in [-0.2, -0.15) is 0 Å². The first-order valence-corrected chi connectivity index (χ1v) is 8.15. The van der Waals surface area contributed by atoms with E-state index in [1.165, 1.54) is 4.90 Å². The predicted octanol–water partition coefficient (Wildman–Crippen LogP) is 2.15. The summed E-state index contributed by atoms with van der Waals surface area (Å²) < 4.78 is 0. The van der Waals surface area contributed by atoms with Crippen molar-refractivity contribution in [1.82, 2.24) is 10.2 Å². The Morgan fingerprint density at radius 1 is 1.08 bits per heavy atom. The maximum absolute atomic E-state index is 12.4. The third kappa shape index (κ3) is 5.58. The molecule has 0 aliphatic rings. The molecule has 0 aliphatic heterocycles. The normalized spacial score (nSPS) is 11.7. The van der Waals surface area contributed by atoms with E-state index in [1.807, 2.05) is 0 Å². The van der Waals surface area contributed by atoms with E-state index in [4.69, 9.17) is 17.3 Å². The maximum atomic E-state index is 12.4. The zero-order valence-electron chi connectivity index (χ0n) is 14.1. The van der Waals surface area contributed by atoms with E-state index >= 15 is 0 Å².